The van der Waals surface area contributed by atoms with Gasteiger partial charge in [-0.3, -0.25) is 0 Å². The molecule has 0 heterocycles. The highest BCUT2D eigenvalue weighted by Gasteiger charge is 2.15. The molecule has 5 heteroatoms. The molecule has 0 saturated carbocycles. The molecule has 0 radical (unpaired) electrons. The summed E-state index contributed by atoms with van der Waals surface area (Å²) in [5.74, 6) is 0. The molecule has 0 spiro atoms. The van der Waals surface area contributed by atoms with Crippen LogP contribution in [0.2, 0.25) is 0 Å². The number of hydrogen-bond acceptors (Lipinski definition) is 3. The maximum atomic E-state index is 12.1. The van der Waals surface area contributed by atoms with Gasteiger partial charge >= 0.3 is 0 Å². The second kappa shape index (κ2) is 6.87. The van der Waals surface area contributed by atoms with Gasteiger partial charge in [0.15, 0.2) is 0 Å². The number of aryl methyl sites for hydroxylation is 2. The van der Waals surface area contributed by atoms with Crippen molar-refractivity contribution < 1.29 is 13.2 Å². The van der Waals surface area contributed by atoms with Crippen molar-refractivity contribution >= 4 is 10.0 Å². The third kappa shape index (κ3) is 4.40. The molecule has 0 bridgehead atoms. The summed E-state index contributed by atoms with van der Waals surface area (Å²) in [7, 11) is -1.75. The molecule has 1 aromatic rings. The summed E-state index contributed by atoms with van der Waals surface area (Å²) >= 11 is 0. The van der Waals surface area contributed by atoms with Crippen molar-refractivity contribution in [1.29, 1.82) is 0 Å². The van der Waals surface area contributed by atoms with E-state index in [2.05, 4.69) is 4.72 Å². The van der Waals surface area contributed by atoms with Crippen molar-refractivity contribution in [3.63, 3.8) is 0 Å². The summed E-state index contributed by atoms with van der Waals surface area (Å²) in [6, 6.07) is 5.44. The monoisotopic (exact) mass is 271 g/mol. The number of unbranched alkanes of at least 4 members (excludes halogenated alkanes) is 1. The molecule has 1 rings (SSSR count). The van der Waals surface area contributed by atoms with E-state index in [9.17, 15) is 8.42 Å². The number of methoxy groups -OCH3 is 1. The highest BCUT2D eigenvalue weighted by molar-refractivity contribution is 7.89. The average Bonchev–Trinajstić information content (AvgIpc) is 2.32. The Morgan fingerprint density at radius 1 is 1.22 bits per heavy atom. The minimum Gasteiger partial charge on any atom is -0.385 e. The number of ether oxygens (including phenoxy) is 1. The Labute approximate surface area is 109 Å². The molecule has 1 N–H and O–H groups in total. The van der Waals surface area contributed by atoms with Crippen molar-refractivity contribution in [2.75, 3.05) is 20.3 Å². The molecule has 1 aromatic carbocycles. The topological polar surface area (TPSA) is 55.4 Å². The first-order valence-electron chi connectivity index (χ1n) is 6.03. The number of benzene rings is 1. The fourth-order valence-electron chi connectivity index (χ4n) is 1.65. The van der Waals surface area contributed by atoms with Crippen LogP contribution >= 0.6 is 0 Å². The zero-order chi connectivity index (χ0) is 13.6. The van der Waals surface area contributed by atoms with E-state index in [0.29, 0.717) is 18.0 Å². The average molecular weight is 271 g/mol. The van der Waals surface area contributed by atoms with E-state index in [1.54, 1.807) is 20.1 Å². The summed E-state index contributed by atoms with van der Waals surface area (Å²) < 4.78 is 31.7. The van der Waals surface area contributed by atoms with Crippen molar-refractivity contribution in [1.82, 2.24) is 4.72 Å². The normalized spacial score (nSPS) is 11.7. The van der Waals surface area contributed by atoms with Gasteiger partial charge in [0.25, 0.3) is 0 Å². The molecule has 0 atom stereocenters. The van der Waals surface area contributed by atoms with Gasteiger partial charge in [0.05, 0.1) is 4.90 Å². The van der Waals surface area contributed by atoms with Crippen molar-refractivity contribution in [2.24, 2.45) is 0 Å². The molecular weight excluding hydrogens is 250 g/mol. The Morgan fingerprint density at radius 3 is 2.61 bits per heavy atom. The predicted octanol–water partition coefficient (Wildman–Crippen LogP) is 2.01. The molecule has 0 saturated heterocycles. The van der Waals surface area contributed by atoms with E-state index in [-0.39, 0.29) is 0 Å². The molecule has 0 aliphatic rings. The molecular formula is C13H21NO3S. The molecule has 0 amide bonds. The van der Waals surface area contributed by atoms with Crippen LogP contribution in [0.3, 0.4) is 0 Å². The summed E-state index contributed by atoms with van der Waals surface area (Å²) in [5, 5.41) is 0. The van der Waals surface area contributed by atoms with E-state index in [1.807, 2.05) is 19.1 Å². The summed E-state index contributed by atoms with van der Waals surface area (Å²) in [6.07, 6.45) is 1.63. The van der Waals surface area contributed by atoms with Crippen molar-refractivity contribution in [2.45, 2.75) is 31.6 Å². The van der Waals surface area contributed by atoms with Crippen LogP contribution in [-0.2, 0) is 14.8 Å². The Kier molecular flexibility index (Phi) is 5.78. The quantitative estimate of drug-likeness (QED) is 0.772. The highest BCUT2D eigenvalue weighted by atomic mass is 32.2. The summed E-state index contributed by atoms with van der Waals surface area (Å²) in [4.78, 5) is 0.370. The Balaban J connectivity index is 2.66. The van der Waals surface area contributed by atoms with Gasteiger partial charge in [-0.05, 0) is 43.9 Å². The van der Waals surface area contributed by atoms with Gasteiger partial charge in [0, 0.05) is 20.3 Å². The van der Waals surface area contributed by atoms with Crippen molar-refractivity contribution in [3.05, 3.63) is 29.3 Å². The minimum absolute atomic E-state index is 0.370. The van der Waals surface area contributed by atoms with Gasteiger partial charge in [0.1, 0.15) is 0 Å². The maximum Gasteiger partial charge on any atom is 0.240 e. The summed E-state index contributed by atoms with van der Waals surface area (Å²) in [6.45, 7) is 4.79. The predicted molar refractivity (Wildman–Crippen MR) is 72.2 cm³/mol. The van der Waals surface area contributed by atoms with Crippen LogP contribution in [0.15, 0.2) is 23.1 Å². The fraction of sp³-hybridized carbons (Fsp3) is 0.538. The van der Waals surface area contributed by atoms with E-state index in [1.165, 1.54) is 0 Å². The van der Waals surface area contributed by atoms with E-state index in [4.69, 9.17) is 4.74 Å². The molecule has 0 aliphatic carbocycles. The van der Waals surface area contributed by atoms with Crippen LogP contribution in [0.5, 0.6) is 0 Å². The Hall–Kier alpha value is -0.910. The van der Waals surface area contributed by atoms with E-state index >= 15 is 0 Å². The smallest absolute Gasteiger partial charge is 0.240 e. The number of nitrogens with one attached hydrogen (secondary N) is 1. The minimum atomic E-state index is -3.39. The van der Waals surface area contributed by atoms with Gasteiger partial charge in [-0.1, -0.05) is 12.1 Å². The number of rotatable bonds is 7. The molecule has 4 nitrogen and oxygen atoms in total. The molecule has 0 aromatic heterocycles. The van der Waals surface area contributed by atoms with E-state index in [0.717, 1.165) is 24.0 Å². The molecule has 18 heavy (non-hydrogen) atoms. The molecule has 0 aliphatic heterocycles. The number of sulfonamides is 1. The van der Waals surface area contributed by atoms with Gasteiger partial charge in [-0.15, -0.1) is 0 Å². The first-order valence-corrected chi connectivity index (χ1v) is 7.51. The first-order chi connectivity index (χ1) is 8.47. The molecule has 0 fully saturated rings. The number of hydrogen-bond donors (Lipinski definition) is 1. The lowest BCUT2D eigenvalue weighted by atomic mass is 10.2. The van der Waals surface area contributed by atoms with Gasteiger partial charge in [-0.25, -0.2) is 13.1 Å². The first kappa shape index (κ1) is 15.1. The lowest BCUT2D eigenvalue weighted by Gasteiger charge is -2.10. The summed E-state index contributed by atoms with van der Waals surface area (Å²) in [5.41, 5.74) is 1.71. The second-order valence-corrected chi connectivity index (χ2v) is 6.10. The zero-order valence-corrected chi connectivity index (χ0v) is 12.0. The largest absolute Gasteiger partial charge is 0.385 e. The second-order valence-electron chi connectivity index (χ2n) is 4.37. The third-order valence-corrected chi connectivity index (χ3v) is 4.30. The third-order valence-electron chi connectivity index (χ3n) is 2.70. The maximum absolute atomic E-state index is 12.1. The van der Waals surface area contributed by atoms with Crippen LogP contribution in [0.1, 0.15) is 24.0 Å². The van der Waals surface area contributed by atoms with Crippen LogP contribution in [0, 0.1) is 13.8 Å². The van der Waals surface area contributed by atoms with Gasteiger partial charge < -0.3 is 4.74 Å². The van der Waals surface area contributed by atoms with Crippen LogP contribution in [0.25, 0.3) is 0 Å². The van der Waals surface area contributed by atoms with Crippen LogP contribution < -0.4 is 4.72 Å². The SMILES string of the molecule is COCCCCNS(=O)(=O)c1cc(C)ccc1C. The molecule has 102 valence electrons. The molecule has 0 unspecified atom stereocenters. The lowest BCUT2D eigenvalue weighted by Crippen LogP contribution is -2.25. The standard InChI is InChI=1S/C13H21NO3S/c1-11-6-7-12(2)13(10-11)18(15,16)14-8-4-5-9-17-3/h6-7,10,14H,4-5,8-9H2,1-3H3. The van der Waals surface area contributed by atoms with Gasteiger partial charge in [-0.2, -0.15) is 0 Å². The zero-order valence-electron chi connectivity index (χ0n) is 11.2. The Bertz CT molecular complexity index is 483. The lowest BCUT2D eigenvalue weighted by molar-refractivity contribution is 0.193. The Morgan fingerprint density at radius 2 is 1.94 bits per heavy atom. The van der Waals surface area contributed by atoms with Crippen LogP contribution in [0.4, 0.5) is 0 Å². The highest BCUT2D eigenvalue weighted by Crippen LogP contribution is 2.16. The van der Waals surface area contributed by atoms with Gasteiger partial charge in [0.2, 0.25) is 10.0 Å². The van der Waals surface area contributed by atoms with E-state index < -0.39 is 10.0 Å². The van der Waals surface area contributed by atoms with Crippen LogP contribution in [-0.4, -0.2) is 28.7 Å². The van der Waals surface area contributed by atoms with Crippen molar-refractivity contribution in [3.8, 4) is 0 Å². The fourth-order valence-corrected chi connectivity index (χ4v) is 3.05.